The molecule has 0 bridgehead atoms. The lowest BCUT2D eigenvalue weighted by Gasteiger charge is -2.22. The molecule has 2 rings (SSSR count). The van der Waals surface area contributed by atoms with Crippen LogP contribution in [0.3, 0.4) is 0 Å². The van der Waals surface area contributed by atoms with E-state index < -0.39 is 29.5 Å². The average Bonchev–Trinajstić information content (AvgIpc) is 2.90. The highest BCUT2D eigenvalue weighted by molar-refractivity contribution is 5.74. The van der Waals surface area contributed by atoms with E-state index in [4.69, 9.17) is 9.47 Å². The Balaban J connectivity index is 1.74. The van der Waals surface area contributed by atoms with Crippen LogP contribution in [0, 0.1) is 11.6 Å². The zero-order valence-electron chi connectivity index (χ0n) is 13.3. The SMILES string of the molecule is CC(Cc1c(F)cccc1F)NC(=O)NCCC1(C)OCCO1. The van der Waals surface area contributed by atoms with Crippen LogP contribution in [0.25, 0.3) is 0 Å². The molecule has 0 spiro atoms. The summed E-state index contributed by atoms with van der Waals surface area (Å²) in [5.41, 5.74) is -0.0273. The minimum Gasteiger partial charge on any atom is -0.348 e. The minimum atomic E-state index is -0.658. The van der Waals surface area contributed by atoms with Gasteiger partial charge in [-0.15, -0.1) is 0 Å². The van der Waals surface area contributed by atoms with Crippen molar-refractivity contribution in [1.82, 2.24) is 10.6 Å². The van der Waals surface area contributed by atoms with Crippen LogP contribution in [-0.4, -0.2) is 37.6 Å². The molecule has 0 saturated carbocycles. The number of amides is 2. The van der Waals surface area contributed by atoms with Gasteiger partial charge < -0.3 is 20.1 Å². The van der Waals surface area contributed by atoms with E-state index in [9.17, 15) is 13.6 Å². The Morgan fingerprint density at radius 1 is 1.30 bits per heavy atom. The molecule has 1 unspecified atom stereocenters. The average molecular weight is 328 g/mol. The lowest BCUT2D eigenvalue weighted by Crippen LogP contribution is -2.43. The first kappa shape index (κ1) is 17.6. The maximum Gasteiger partial charge on any atom is 0.315 e. The first-order valence-electron chi connectivity index (χ1n) is 7.65. The third-order valence-corrected chi connectivity index (χ3v) is 3.71. The smallest absolute Gasteiger partial charge is 0.315 e. The third kappa shape index (κ3) is 5.14. The minimum absolute atomic E-state index is 0.0273. The zero-order valence-corrected chi connectivity index (χ0v) is 13.3. The molecule has 128 valence electrons. The summed E-state index contributed by atoms with van der Waals surface area (Å²) in [4.78, 5) is 11.8. The number of hydrogen-bond acceptors (Lipinski definition) is 3. The van der Waals surface area contributed by atoms with Crippen molar-refractivity contribution >= 4 is 6.03 Å². The zero-order chi connectivity index (χ0) is 16.9. The lowest BCUT2D eigenvalue weighted by molar-refractivity contribution is -0.145. The van der Waals surface area contributed by atoms with Gasteiger partial charge in [-0.05, 0) is 32.4 Å². The summed E-state index contributed by atoms with van der Waals surface area (Å²) in [6.45, 7) is 4.99. The second kappa shape index (κ2) is 7.70. The Morgan fingerprint density at radius 2 is 1.91 bits per heavy atom. The molecule has 1 aliphatic rings. The fraction of sp³-hybridized carbons (Fsp3) is 0.562. The number of ether oxygens (including phenoxy) is 2. The summed E-state index contributed by atoms with van der Waals surface area (Å²) < 4.78 is 38.0. The van der Waals surface area contributed by atoms with E-state index in [-0.39, 0.29) is 12.0 Å². The first-order valence-corrected chi connectivity index (χ1v) is 7.65. The van der Waals surface area contributed by atoms with Crippen molar-refractivity contribution in [2.75, 3.05) is 19.8 Å². The summed E-state index contributed by atoms with van der Waals surface area (Å²) >= 11 is 0. The number of hydrogen-bond donors (Lipinski definition) is 2. The van der Waals surface area contributed by atoms with Gasteiger partial charge in [-0.2, -0.15) is 0 Å². The molecule has 0 aliphatic carbocycles. The van der Waals surface area contributed by atoms with Crippen molar-refractivity contribution in [3.63, 3.8) is 0 Å². The van der Waals surface area contributed by atoms with Gasteiger partial charge in [-0.1, -0.05) is 6.07 Å². The number of benzene rings is 1. The van der Waals surface area contributed by atoms with E-state index in [0.29, 0.717) is 26.2 Å². The van der Waals surface area contributed by atoms with Gasteiger partial charge in [0.15, 0.2) is 5.79 Å². The van der Waals surface area contributed by atoms with Gasteiger partial charge >= 0.3 is 6.03 Å². The fourth-order valence-electron chi connectivity index (χ4n) is 2.46. The maximum atomic E-state index is 13.6. The molecule has 1 aromatic carbocycles. The van der Waals surface area contributed by atoms with Crippen LogP contribution in [0.15, 0.2) is 18.2 Å². The molecule has 2 amide bonds. The van der Waals surface area contributed by atoms with Crippen LogP contribution in [0.2, 0.25) is 0 Å². The van der Waals surface area contributed by atoms with E-state index in [2.05, 4.69) is 10.6 Å². The summed E-state index contributed by atoms with van der Waals surface area (Å²) in [7, 11) is 0. The van der Waals surface area contributed by atoms with Crippen molar-refractivity contribution in [1.29, 1.82) is 0 Å². The van der Waals surface area contributed by atoms with Crippen LogP contribution in [-0.2, 0) is 15.9 Å². The summed E-state index contributed by atoms with van der Waals surface area (Å²) in [6.07, 6.45) is 0.604. The Hall–Kier alpha value is -1.73. The van der Waals surface area contributed by atoms with Gasteiger partial charge in [0.1, 0.15) is 11.6 Å². The Morgan fingerprint density at radius 3 is 2.52 bits per heavy atom. The number of carbonyl (C=O) groups excluding carboxylic acids is 1. The molecule has 0 radical (unpaired) electrons. The highest BCUT2D eigenvalue weighted by Gasteiger charge is 2.30. The van der Waals surface area contributed by atoms with Gasteiger partial charge in [0.2, 0.25) is 0 Å². The van der Waals surface area contributed by atoms with E-state index in [1.807, 2.05) is 6.92 Å². The van der Waals surface area contributed by atoms with Crippen molar-refractivity contribution in [3.8, 4) is 0 Å². The summed E-state index contributed by atoms with van der Waals surface area (Å²) in [6, 6.07) is 2.92. The van der Waals surface area contributed by atoms with Crippen molar-refractivity contribution in [2.24, 2.45) is 0 Å². The van der Waals surface area contributed by atoms with Crippen LogP contribution in [0.1, 0.15) is 25.8 Å². The van der Waals surface area contributed by atoms with Gasteiger partial charge in [0, 0.05) is 24.6 Å². The molecule has 1 aliphatic heterocycles. The van der Waals surface area contributed by atoms with Crippen molar-refractivity contribution in [3.05, 3.63) is 35.4 Å². The van der Waals surface area contributed by atoms with Crippen LogP contribution >= 0.6 is 0 Å². The van der Waals surface area contributed by atoms with Crippen LogP contribution in [0.5, 0.6) is 0 Å². The van der Waals surface area contributed by atoms with Gasteiger partial charge in [0.25, 0.3) is 0 Å². The van der Waals surface area contributed by atoms with Crippen molar-refractivity contribution < 1.29 is 23.0 Å². The molecule has 7 heteroatoms. The number of nitrogens with one attached hydrogen (secondary N) is 2. The number of urea groups is 1. The Kier molecular flexibility index (Phi) is 5.90. The molecule has 2 N–H and O–H groups in total. The molecule has 1 atom stereocenters. The first-order chi connectivity index (χ1) is 10.9. The number of rotatable bonds is 6. The predicted molar refractivity (Wildman–Crippen MR) is 81.0 cm³/mol. The van der Waals surface area contributed by atoms with E-state index >= 15 is 0 Å². The fourth-order valence-corrected chi connectivity index (χ4v) is 2.46. The van der Waals surface area contributed by atoms with E-state index in [1.54, 1.807) is 6.92 Å². The number of carbonyl (C=O) groups is 1. The third-order valence-electron chi connectivity index (χ3n) is 3.71. The Bertz CT molecular complexity index is 528. The van der Waals surface area contributed by atoms with Crippen molar-refractivity contribution in [2.45, 2.75) is 38.5 Å². The molecule has 1 aromatic rings. The number of halogens is 2. The lowest BCUT2D eigenvalue weighted by atomic mass is 10.1. The second-order valence-electron chi connectivity index (χ2n) is 5.79. The van der Waals surface area contributed by atoms with Gasteiger partial charge in [-0.3, -0.25) is 0 Å². The molecule has 23 heavy (non-hydrogen) atoms. The quantitative estimate of drug-likeness (QED) is 0.843. The summed E-state index contributed by atoms with van der Waals surface area (Å²) in [5, 5.41) is 5.34. The second-order valence-corrected chi connectivity index (χ2v) is 5.79. The topological polar surface area (TPSA) is 59.6 Å². The molecule has 5 nitrogen and oxygen atoms in total. The van der Waals surface area contributed by atoms with E-state index in [0.717, 1.165) is 0 Å². The highest BCUT2D eigenvalue weighted by atomic mass is 19.1. The van der Waals surface area contributed by atoms with Gasteiger partial charge in [-0.25, -0.2) is 13.6 Å². The Labute approximate surface area is 134 Å². The highest BCUT2D eigenvalue weighted by Crippen LogP contribution is 2.21. The maximum absolute atomic E-state index is 13.6. The van der Waals surface area contributed by atoms with Gasteiger partial charge in [0.05, 0.1) is 13.2 Å². The molecule has 1 saturated heterocycles. The monoisotopic (exact) mass is 328 g/mol. The molecule has 1 fully saturated rings. The summed E-state index contributed by atoms with van der Waals surface area (Å²) in [5.74, 6) is -1.88. The molecule has 0 aromatic heterocycles. The van der Waals surface area contributed by atoms with E-state index in [1.165, 1.54) is 18.2 Å². The largest absolute Gasteiger partial charge is 0.348 e. The molecule has 1 heterocycles. The standard InChI is InChI=1S/C16H22F2N2O3/c1-11(10-12-13(17)4-3-5-14(12)18)20-15(21)19-7-6-16(2)22-8-9-23-16/h3-5,11H,6-10H2,1-2H3,(H2,19,20,21). The normalized spacial score (nSPS) is 17.7. The van der Waals surface area contributed by atoms with Crippen LogP contribution < -0.4 is 10.6 Å². The van der Waals surface area contributed by atoms with Crippen LogP contribution in [0.4, 0.5) is 13.6 Å². The molecular formula is C16H22F2N2O3. The predicted octanol–water partition coefficient (Wildman–Crippen LogP) is 2.35. The molecular weight excluding hydrogens is 306 g/mol.